The Morgan fingerprint density at radius 1 is 1.08 bits per heavy atom. The smallest absolute Gasteiger partial charge is 0.240 e. The number of nitrogens with zero attached hydrogens (tertiary/aromatic N) is 1. The zero-order valence-corrected chi connectivity index (χ0v) is 16.2. The highest BCUT2D eigenvalue weighted by Gasteiger charge is 2.21. The van der Waals surface area contributed by atoms with Crippen LogP contribution in [0.4, 0.5) is 0 Å². The fraction of sp³-hybridized carbons (Fsp3) is 0.400. The standard InChI is InChI=1S/C20H28N2O3S/c1-3-4-10-19(16-22(23)15-18-8-6-5-7-9-18)21-26(24,25)20-13-11-17(2)12-14-20/h5-9,11-14,19,21,23H,3-4,10,15-16H2,1-2H3. The van der Waals surface area contributed by atoms with Crippen LogP contribution in [0.25, 0.3) is 0 Å². The van der Waals surface area contributed by atoms with E-state index in [4.69, 9.17) is 0 Å². The van der Waals surface area contributed by atoms with Gasteiger partial charge in [-0.25, -0.2) is 13.1 Å². The summed E-state index contributed by atoms with van der Waals surface area (Å²) in [7, 11) is -3.61. The number of hydroxylamine groups is 2. The van der Waals surface area contributed by atoms with Crippen molar-refractivity contribution in [1.29, 1.82) is 0 Å². The van der Waals surface area contributed by atoms with Gasteiger partial charge in [0, 0.05) is 19.1 Å². The molecular formula is C20H28N2O3S. The molecule has 26 heavy (non-hydrogen) atoms. The van der Waals surface area contributed by atoms with Crippen molar-refractivity contribution in [3.05, 3.63) is 65.7 Å². The third kappa shape index (κ3) is 6.53. The van der Waals surface area contributed by atoms with Gasteiger partial charge in [0.05, 0.1) is 4.90 Å². The summed E-state index contributed by atoms with van der Waals surface area (Å²) in [6, 6.07) is 16.0. The first kappa shape index (κ1) is 20.6. The Morgan fingerprint density at radius 2 is 1.73 bits per heavy atom. The predicted molar refractivity (Wildman–Crippen MR) is 103 cm³/mol. The number of hydrogen-bond acceptors (Lipinski definition) is 4. The fourth-order valence-electron chi connectivity index (χ4n) is 2.76. The largest absolute Gasteiger partial charge is 0.314 e. The molecule has 0 amide bonds. The molecule has 0 heterocycles. The van der Waals surface area contributed by atoms with Crippen molar-refractivity contribution in [1.82, 2.24) is 9.79 Å². The van der Waals surface area contributed by atoms with E-state index in [-0.39, 0.29) is 17.5 Å². The molecule has 0 saturated carbocycles. The van der Waals surface area contributed by atoms with Gasteiger partial charge in [-0.3, -0.25) is 0 Å². The van der Waals surface area contributed by atoms with E-state index in [1.165, 1.54) is 5.06 Å². The fourth-order valence-corrected chi connectivity index (χ4v) is 4.02. The highest BCUT2D eigenvalue weighted by atomic mass is 32.2. The molecule has 0 aliphatic carbocycles. The minimum atomic E-state index is -3.61. The van der Waals surface area contributed by atoms with Gasteiger partial charge in [0.25, 0.3) is 0 Å². The minimum absolute atomic E-state index is 0.236. The number of aryl methyl sites for hydroxylation is 1. The van der Waals surface area contributed by atoms with Crippen LogP contribution >= 0.6 is 0 Å². The van der Waals surface area contributed by atoms with Crippen molar-refractivity contribution in [2.24, 2.45) is 0 Å². The third-order valence-electron chi connectivity index (χ3n) is 4.20. The van der Waals surface area contributed by atoms with Crippen molar-refractivity contribution in [2.45, 2.75) is 50.6 Å². The zero-order valence-electron chi connectivity index (χ0n) is 15.4. The van der Waals surface area contributed by atoms with Gasteiger partial charge in [-0.2, -0.15) is 5.06 Å². The highest BCUT2D eigenvalue weighted by Crippen LogP contribution is 2.13. The average molecular weight is 377 g/mol. The second kappa shape index (κ2) is 9.83. The van der Waals surface area contributed by atoms with Gasteiger partial charge < -0.3 is 5.21 Å². The monoisotopic (exact) mass is 376 g/mol. The predicted octanol–water partition coefficient (Wildman–Crippen LogP) is 3.72. The van der Waals surface area contributed by atoms with Crippen molar-refractivity contribution in [3.8, 4) is 0 Å². The summed E-state index contributed by atoms with van der Waals surface area (Å²) in [5, 5.41) is 11.4. The molecule has 0 spiro atoms. The lowest BCUT2D eigenvalue weighted by Gasteiger charge is -2.23. The number of unbranched alkanes of at least 4 members (excludes halogenated alkanes) is 1. The molecule has 5 nitrogen and oxygen atoms in total. The van der Waals surface area contributed by atoms with E-state index < -0.39 is 10.0 Å². The molecule has 2 aromatic carbocycles. The summed E-state index contributed by atoms with van der Waals surface area (Å²) >= 11 is 0. The van der Waals surface area contributed by atoms with Crippen LogP contribution in [0, 0.1) is 6.92 Å². The number of sulfonamides is 1. The van der Waals surface area contributed by atoms with E-state index in [0.29, 0.717) is 13.0 Å². The topological polar surface area (TPSA) is 69.6 Å². The summed E-state index contributed by atoms with van der Waals surface area (Å²) in [6.45, 7) is 4.57. The Balaban J connectivity index is 2.04. The van der Waals surface area contributed by atoms with Crippen molar-refractivity contribution < 1.29 is 13.6 Å². The maximum Gasteiger partial charge on any atom is 0.240 e. The lowest BCUT2D eigenvalue weighted by molar-refractivity contribution is -0.104. The van der Waals surface area contributed by atoms with E-state index in [0.717, 1.165) is 24.0 Å². The summed E-state index contributed by atoms with van der Waals surface area (Å²) < 4.78 is 28.0. The zero-order chi connectivity index (χ0) is 19.0. The third-order valence-corrected chi connectivity index (χ3v) is 5.73. The van der Waals surface area contributed by atoms with Crippen LogP contribution in [0.5, 0.6) is 0 Å². The average Bonchev–Trinajstić information content (AvgIpc) is 2.60. The van der Waals surface area contributed by atoms with Gasteiger partial charge in [-0.1, -0.05) is 67.8 Å². The van der Waals surface area contributed by atoms with E-state index in [1.54, 1.807) is 24.3 Å². The maximum absolute atomic E-state index is 12.6. The Labute approximate surface area is 156 Å². The second-order valence-electron chi connectivity index (χ2n) is 6.61. The van der Waals surface area contributed by atoms with Gasteiger partial charge >= 0.3 is 0 Å². The SMILES string of the molecule is CCCCC(CN(O)Cc1ccccc1)NS(=O)(=O)c1ccc(C)cc1. The van der Waals surface area contributed by atoms with Gasteiger partial charge in [0.2, 0.25) is 10.0 Å². The number of rotatable bonds is 10. The first-order valence-corrected chi connectivity index (χ1v) is 10.5. The molecule has 0 aliphatic rings. The van der Waals surface area contributed by atoms with E-state index in [2.05, 4.69) is 11.6 Å². The van der Waals surface area contributed by atoms with Crippen LogP contribution in [0.15, 0.2) is 59.5 Å². The van der Waals surface area contributed by atoms with Crippen LogP contribution < -0.4 is 4.72 Å². The quantitative estimate of drug-likeness (QED) is 0.620. The second-order valence-corrected chi connectivity index (χ2v) is 8.32. The number of hydrogen-bond donors (Lipinski definition) is 2. The number of nitrogens with one attached hydrogen (secondary N) is 1. The van der Waals surface area contributed by atoms with Crippen LogP contribution in [-0.2, 0) is 16.6 Å². The number of benzene rings is 2. The molecule has 0 bridgehead atoms. The Kier molecular flexibility index (Phi) is 7.78. The Morgan fingerprint density at radius 3 is 2.35 bits per heavy atom. The van der Waals surface area contributed by atoms with Crippen LogP contribution in [0.3, 0.4) is 0 Å². The van der Waals surface area contributed by atoms with Crippen molar-refractivity contribution in [2.75, 3.05) is 6.54 Å². The normalized spacial score (nSPS) is 13.1. The van der Waals surface area contributed by atoms with E-state index in [9.17, 15) is 13.6 Å². The Hall–Kier alpha value is -1.73. The molecule has 0 aliphatic heterocycles. The Bertz CT molecular complexity index is 761. The van der Waals surface area contributed by atoms with E-state index in [1.807, 2.05) is 37.3 Å². The molecule has 2 rings (SSSR count). The molecular weight excluding hydrogens is 348 g/mol. The van der Waals surface area contributed by atoms with Crippen molar-refractivity contribution in [3.63, 3.8) is 0 Å². The molecule has 0 aromatic heterocycles. The van der Waals surface area contributed by atoms with Crippen LogP contribution in [-0.4, -0.2) is 31.3 Å². The molecule has 1 atom stereocenters. The molecule has 142 valence electrons. The lowest BCUT2D eigenvalue weighted by atomic mass is 10.1. The lowest BCUT2D eigenvalue weighted by Crippen LogP contribution is -2.42. The minimum Gasteiger partial charge on any atom is -0.314 e. The molecule has 2 N–H and O–H groups in total. The van der Waals surface area contributed by atoms with Crippen LogP contribution in [0.2, 0.25) is 0 Å². The molecule has 0 saturated heterocycles. The van der Waals surface area contributed by atoms with Crippen molar-refractivity contribution >= 4 is 10.0 Å². The summed E-state index contributed by atoms with van der Waals surface area (Å²) in [5.41, 5.74) is 1.99. The molecule has 6 heteroatoms. The highest BCUT2D eigenvalue weighted by molar-refractivity contribution is 7.89. The maximum atomic E-state index is 12.6. The molecule has 2 aromatic rings. The van der Waals surface area contributed by atoms with Gasteiger partial charge in [0.15, 0.2) is 0 Å². The van der Waals surface area contributed by atoms with Gasteiger partial charge in [0.1, 0.15) is 0 Å². The molecule has 0 radical (unpaired) electrons. The first-order valence-electron chi connectivity index (χ1n) is 8.97. The van der Waals surface area contributed by atoms with E-state index >= 15 is 0 Å². The summed E-state index contributed by atoms with van der Waals surface area (Å²) in [4.78, 5) is 0.247. The first-order chi connectivity index (χ1) is 12.4. The van der Waals surface area contributed by atoms with Crippen LogP contribution in [0.1, 0.15) is 37.3 Å². The molecule has 1 unspecified atom stereocenters. The van der Waals surface area contributed by atoms with Gasteiger partial charge in [-0.15, -0.1) is 0 Å². The molecule has 0 fully saturated rings. The summed E-state index contributed by atoms with van der Waals surface area (Å²) in [5.74, 6) is 0. The van der Waals surface area contributed by atoms with Gasteiger partial charge in [-0.05, 0) is 31.0 Å². The summed E-state index contributed by atoms with van der Waals surface area (Å²) in [6.07, 6.45) is 2.53.